The van der Waals surface area contributed by atoms with E-state index in [0.717, 1.165) is 0 Å². The fourth-order valence-corrected chi connectivity index (χ4v) is 1.17. The molecule has 0 radical (unpaired) electrons. The minimum Gasteiger partial charge on any atom is -0.389 e. The van der Waals surface area contributed by atoms with Crippen LogP contribution in [-0.4, -0.2) is 36.5 Å². The second-order valence-corrected chi connectivity index (χ2v) is 3.23. The zero-order valence-corrected chi connectivity index (χ0v) is 8.66. The van der Waals surface area contributed by atoms with Gasteiger partial charge in [-0.05, 0) is 12.1 Å². The molecule has 0 aliphatic heterocycles. The predicted molar refractivity (Wildman–Crippen MR) is 55.6 cm³/mol. The molecule has 1 aromatic heterocycles. The molecule has 0 aliphatic carbocycles. The molecule has 1 unspecified atom stereocenters. The maximum atomic E-state index is 9.34. The summed E-state index contributed by atoms with van der Waals surface area (Å²) in [5.74, 6) is 0.573. The molecular formula is C9H13ClN2O2. The molecule has 78 valence electrons. The highest BCUT2D eigenvalue weighted by molar-refractivity contribution is 6.32. The maximum absolute atomic E-state index is 9.34. The van der Waals surface area contributed by atoms with E-state index in [1.807, 2.05) is 0 Å². The average Bonchev–Trinajstić information content (AvgIpc) is 2.17. The van der Waals surface area contributed by atoms with Crippen molar-refractivity contribution in [2.45, 2.75) is 6.10 Å². The fourth-order valence-electron chi connectivity index (χ4n) is 0.982. The van der Waals surface area contributed by atoms with Gasteiger partial charge in [0, 0.05) is 19.9 Å². The lowest BCUT2D eigenvalue weighted by Gasteiger charge is -2.11. The zero-order chi connectivity index (χ0) is 10.4. The highest BCUT2D eigenvalue weighted by Gasteiger charge is 2.04. The van der Waals surface area contributed by atoms with Crippen LogP contribution in [0.4, 0.5) is 5.82 Å². The first kappa shape index (κ1) is 11.2. The number of rotatable bonds is 5. The topological polar surface area (TPSA) is 54.4 Å². The van der Waals surface area contributed by atoms with Crippen LogP contribution in [0, 0.1) is 0 Å². The van der Waals surface area contributed by atoms with E-state index in [9.17, 15) is 5.11 Å². The van der Waals surface area contributed by atoms with Gasteiger partial charge in [-0.3, -0.25) is 0 Å². The number of pyridine rings is 1. The summed E-state index contributed by atoms with van der Waals surface area (Å²) < 4.78 is 4.78. The lowest BCUT2D eigenvalue weighted by molar-refractivity contribution is 0.0727. The van der Waals surface area contributed by atoms with Gasteiger partial charge in [0.2, 0.25) is 0 Å². The van der Waals surface area contributed by atoms with Gasteiger partial charge in [0.1, 0.15) is 5.82 Å². The quantitative estimate of drug-likeness (QED) is 0.776. The molecule has 2 N–H and O–H groups in total. The van der Waals surface area contributed by atoms with Crippen LogP contribution in [0.25, 0.3) is 0 Å². The molecule has 0 aliphatic rings. The Hall–Kier alpha value is -0.840. The molecule has 1 rings (SSSR count). The Morgan fingerprint density at radius 3 is 3.14 bits per heavy atom. The minimum atomic E-state index is -0.557. The summed E-state index contributed by atoms with van der Waals surface area (Å²) in [5, 5.41) is 12.8. The van der Waals surface area contributed by atoms with Crippen LogP contribution in [0.15, 0.2) is 18.3 Å². The Kier molecular flexibility index (Phi) is 4.65. The number of anilines is 1. The van der Waals surface area contributed by atoms with E-state index in [1.165, 1.54) is 7.11 Å². The average molecular weight is 217 g/mol. The van der Waals surface area contributed by atoms with Crippen molar-refractivity contribution in [1.29, 1.82) is 0 Å². The van der Waals surface area contributed by atoms with Gasteiger partial charge in [0.15, 0.2) is 0 Å². The summed E-state index contributed by atoms with van der Waals surface area (Å²) in [4.78, 5) is 4.02. The highest BCUT2D eigenvalue weighted by atomic mass is 35.5. The molecule has 0 bridgehead atoms. The van der Waals surface area contributed by atoms with Crippen LogP contribution in [0.2, 0.25) is 5.02 Å². The van der Waals surface area contributed by atoms with Gasteiger partial charge in [-0.25, -0.2) is 4.98 Å². The fraction of sp³-hybridized carbons (Fsp3) is 0.444. The Morgan fingerprint density at radius 2 is 2.50 bits per heavy atom. The van der Waals surface area contributed by atoms with E-state index in [0.29, 0.717) is 17.4 Å². The van der Waals surface area contributed by atoms with Crippen molar-refractivity contribution in [3.63, 3.8) is 0 Å². The van der Waals surface area contributed by atoms with Crippen LogP contribution in [0.5, 0.6) is 0 Å². The Bertz CT molecular complexity index is 283. The number of methoxy groups -OCH3 is 1. The molecule has 1 atom stereocenters. The van der Waals surface area contributed by atoms with Gasteiger partial charge in [-0.2, -0.15) is 0 Å². The molecule has 1 heterocycles. The smallest absolute Gasteiger partial charge is 0.144 e. The number of aliphatic hydroxyl groups is 1. The zero-order valence-electron chi connectivity index (χ0n) is 7.90. The summed E-state index contributed by atoms with van der Waals surface area (Å²) in [5.41, 5.74) is 0. The lowest BCUT2D eigenvalue weighted by atomic mass is 10.3. The molecule has 0 fully saturated rings. The normalized spacial score (nSPS) is 12.5. The molecule has 4 nitrogen and oxygen atoms in total. The van der Waals surface area contributed by atoms with Crippen LogP contribution in [0.1, 0.15) is 0 Å². The number of hydrogen-bond donors (Lipinski definition) is 2. The monoisotopic (exact) mass is 216 g/mol. The van der Waals surface area contributed by atoms with Gasteiger partial charge >= 0.3 is 0 Å². The third kappa shape index (κ3) is 3.49. The molecule has 14 heavy (non-hydrogen) atoms. The Labute approximate surface area is 87.9 Å². The standard InChI is InChI=1S/C9H13ClN2O2/c1-14-6-7(13)5-12-9-8(10)3-2-4-11-9/h2-4,7,13H,5-6H2,1H3,(H,11,12). The maximum Gasteiger partial charge on any atom is 0.144 e. The summed E-state index contributed by atoms with van der Waals surface area (Å²) in [7, 11) is 1.54. The molecular weight excluding hydrogens is 204 g/mol. The molecule has 0 saturated carbocycles. The molecule has 1 aromatic rings. The SMILES string of the molecule is COCC(O)CNc1ncccc1Cl. The number of nitrogens with zero attached hydrogens (tertiary/aromatic N) is 1. The largest absolute Gasteiger partial charge is 0.389 e. The van der Waals surface area contributed by atoms with Crippen molar-refractivity contribution in [2.24, 2.45) is 0 Å². The second kappa shape index (κ2) is 5.80. The van der Waals surface area contributed by atoms with E-state index < -0.39 is 6.10 Å². The number of halogens is 1. The van der Waals surface area contributed by atoms with E-state index in [-0.39, 0.29) is 6.61 Å². The predicted octanol–water partition coefficient (Wildman–Crippen LogP) is 1.15. The third-order valence-electron chi connectivity index (χ3n) is 1.62. The summed E-state index contributed by atoms with van der Waals surface area (Å²) in [6, 6.07) is 3.48. The van der Waals surface area contributed by atoms with Crippen molar-refractivity contribution < 1.29 is 9.84 Å². The van der Waals surface area contributed by atoms with Crippen LogP contribution < -0.4 is 5.32 Å². The van der Waals surface area contributed by atoms with Crippen LogP contribution in [-0.2, 0) is 4.74 Å². The molecule has 0 amide bonds. The number of aliphatic hydroxyl groups excluding tert-OH is 1. The second-order valence-electron chi connectivity index (χ2n) is 2.82. The summed E-state index contributed by atoms with van der Waals surface area (Å²) in [6.45, 7) is 0.655. The van der Waals surface area contributed by atoms with E-state index in [2.05, 4.69) is 10.3 Å². The van der Waals surface area contributed by atoms with Crippen molar-refractivity contribution in [3.05, 3.63) is 23.4 Å². The third-order valence-corrected chi connectivity index (χ3v) is 1.93. The first-order chi connectivity index (χ1) is 6.74. The van der Waals surface area contributed by atoms with Gasteiger partial charge in [-0.15, -0.1) is 0 Å². The first-order valence-corrected chi connectivity index (χ1v) is 4.63. The van der Waals surface area contributed by atoms with E-state index in [1.54, 1.807) is 18.3 Å². The Morgan fingerprint density at radius 1 is 1.71 bits per heavy atom. The van der Waals surface area contributed by atoms with E-state index >= 15 is 0 Å². The van der Waals surface area contributed by atoms with Crippen LogP contribution in [0.3, 0.4) is 0 Å². The van der Waals surface area contributed by atoms with Crippen molar-refractivity contribution in [3.8, 4) is 0 Å². The number of hydrogen-bond acceptors (Lipinski definition) is 4. The Balaban J connectivity index is 2.41. The molecule has 0 aromatic carbocycles. The first-order valence-electron chi connectivity index (χ1n) is 4.25. The number of aromatic nitrogens is 1. The molecule has 0 spiro atoms. The lowest BCUT2D eigenvalue weighted by Crippen LogP contribution is -2.24. The summed E-state index contributed by atoms with van der Waals surface area (Å²) >= 11 is 5.85. The van der Waals surface area contributed by atoms with Gasteiger partial charge in [-0.1, -0.05) is 11.6 Å². The molecule has 5 heteroatoms. The molecule has 0 saturated heterocycles. The highest BCUT2D eigenvalue weighted by Crippen LogP contribution is 2.16. The van der Waals surface area contributed by atoms with Crippen molar-refractivity contribution >= 4 is 17.4 Å². The van der Waals surface area contributed by atoms with E-state index in [4.69, 9.17) is 16.3 Å². The van der Waals surface area contributed by atoms with Crippen LogP contribution >= 0.6 is 11.6 Å². The minimum absolute atomic E-state index is 0.289. The van der Waals surface area contributed by atoms with Crippen molar-refractivity contribution in [2.75, 3.05) is 25.6 Å². The van der Waals surface area contributed by atoms with Gasteiger partial charge in [0.05, 0.1) is 17.7 Å². The van der Waals surface area contributed by atoms with Gasteiger partial charge < -0.3 is 15.2 Å². The summed E-state index contributed by atoms with van der Waals surface area (Å²) in [6.07, 6.45) is 1.08. The van der Waals surface area contributed by atoms with Crippen molar-refractivity contribution in [1.82, 2.24) is 4.98 Å². The van der Waals surface area contributed by atoms with Gasteiger partial charge in [0.25, 0.3) is 0 Å². The number of ether oxygens (including phenoxy) is 1. The number of nitrogens with one attached hydrogen (secondary N) is 1.